The molecule has 0 radical (unpaired) electrons. The van der Waals surface area contributed by atoms with E-state index in [2.05, 4.69) is 4.98 Å². The minimum absolute atomic E-state index is 0.0531. The number of methoxy groups -OCH3 is 3. The van der Waals surface area contributed by atoms with Gasteiger partial charge in [-0.3, -0.25) is 4.98 Å². The van der Waals surface area contributed by atoms with Crippen LogP contribution < -0.4 is 14.2 Å². The van der Waals surface area contributed by atoms with E-state index in [1.807, 2.05) is 24.3 Å². The maximum Gasteiger partial charge on any atom is 0.420 e. The molecule has 2 spiro atoms. The monoisotopic (exact) mass is 745 g/mol. The number of esters is 4. The van der Waals surface area contributed by atoms with E-state index in [9.17, 15) is 19.2 Å². The summed E-state index contributed by atoms with van der Waals surface area (Å²) in [5.74, 6) is -7.85. The molecule has 0 amide bonds. The Labute approximate surface area is 310 Å². The van der Waals surface area contributed by atoms with Crippen molar-refractivity contribution in [3.05, 3.63) is 101 Å². The Hall–Kier alpha value is -5.70. The molecule has 4 heterocycles. The van der Waals surface area contributed by atoms with Crippen LogP contribution in [0.4, 0.5) is 0 Å². The van der Waals surface area contributed by atoms with Gasteiger partial charge in [0, 0.05) is 67.3 Å². The molecule has 3 aromatic rings. The van der Waals surface area contributed by atoms with Crippen LogP contribution >= 0.6 is 11.6 Å². The number of pyridine rings is 1. The fourth-order valence-electron chi connectivity index (χ4n) is 6.26. The number of allylic oxidation sites excluding steroid dienone is 1. The third-order valence-electron chi connectivity index (χ3n) is 8.68. The number of hydrogen-bond donors (Lipinski definition) is 0. The quantitative estimate of drug-likeness (QED) is 0.198. The third-order valence-corrected chi connectivity index (χ3v) is 8.93. The summed E-state index contributed by atoms with van der Waals surface area (Å²) in [6.45, 7) is 0.358. The Balaban J connectivity index is 1.36. The zero-order valence-corrected chi connectivity index (χ0v) is 29.9. The van der Waals surface area contributed by atoms with Crippen LogP contribution in [0.3, 0.4) is 0 Å². The van der Waals surface area contributed by atoms with E-state index in [1.54, 1.807) is 42.6 Å². The van der Waals surface area contributed by atoms with E-state index in [4.69, 9.17) is 44.8 Å². The van der Waals surface area contributed by atoms with Gasteiger partial charge in [-0.15, -0.1) is 0 Å². The summed E-state index contributed by atoms with van der Waals surface area (Å²) in [6, 6.07) is 14.3. The summed E-state index contributed by atoms with van der Waals surface area (Å²) < 4.78 is 40.1. The maximum absolute atomic E-state index is 13.2. The van der Waals surface area contributed by atoms with Crippen LogP contribution in [0.1, 0.15) is 24.0 Å². The molecule has 0 atom stereocenters. The van der Waals surface area contributed by atoms with Crippen molar-refractivity contribution in [2.75, 3.05) is 41.0 Å². The minimum atomic E-state index is -2.59. The van der Waals surface area contributed by atoms with Gasteiger partial charge in [0.25, 0.3) is 0 Å². The summed E-state index contributed by atoms with van der Waals surface area (Å²) in [7, 11) is 4.51. The van der Waals surface area contributed by atoms with Crippen molar-refractivity contribution in [3.8, 4) is 28.5 Å². The highest BCUT2D eigenvalue weighted by molar-refractivity contribution is 6.30. The van der Waals surface area contributed by atoms with Crippen LogP contribution in [0, 0.1) is 0 Å². The number of carbonyl (C=O) groups excluding carboxylic acids is 4. The molecular weight excluding hydrogens is 710 g/mol. The first-order chi connectivity index (χ1) is 25.6. The van der Waals surface area contributed by atoms with E-state index in [-0.39, 0.29) is 26.2 Å². The van der Waals surface area contributed by atoms with Crippen molar-refractivity contribution in [1.82, 2.24) is 14.8 Å². The van der Waals surface area contributed by atoms with Crippen LogP contribution in [0.25, 0.3) is 17.3 Å². The predicted molar refractivity (Wildman–Crippen MR) is 189 cm³/mol. The Morgan fingerprint density at radius 2 is 1.30 bits per heavy atom. The Morgan fingerprint density at radius 1 is 0.755 bits per heavy atom. The van der Waals surface area contributed by atoms with Gasteiger partial charge in [-0.05, 0) is 60.4 Å². The van der Waals surface area contributed by atoms with Crippen LogP contribution in [0.5, 0.6) is 17.2 Å². The molecule has 0 saturated carbocycles. The lowest BCUT2D eigenvalue weighted by Gasteiger charge is -2.55. The SMILES string of the molecule is COc1cc(-c2cc(CN3CCN(CCC/C=C/c4ccc(Cl)cc4)C4(OC(=O)C=CC(=O)O4)C34OC(=O)C=CC(=O)O4)ccn2)cc(OC)c1OC. The van der Waals surface area contributed by atoms with Gasteiger partial charge in [0.1, 0.15) is 0 Å². The van der Waals surface area contributed by atoms with Gasteiger partial charge in [-0.25, -0.2) is 29.0 Å². The van der Waals surface area contributed by atoms with Crippen molar-refractivity contribution in [1.29, 1.82) is 0 Å². The van der Waals surface area contributed by atoms with Gasteiger partial charge in [-0.1, -0.05) is 35.9 Å². The van der Waals surface area contributed by atoms with Crippen molar-refractivity contribution in [2.45, 2.75) is 31.2 Å². The molecular formula is C38H36ClN3O11. The fourth-order valence-corrected chi connectivity index (χ4v) is 6.39. The van der Waals surface area contributed by atoms with Gasteiger partial charge in [0.15, 0.2) is 11.5 Å². The average molecular weight is 746 g/mol. The zero-order valence-electron chi connectivity index (χ0n) is 29.1. The highest BCUT2D eigenvalue weighted by Gasteiger charge is 2.74. The number of carbonyl (C=O) groups is 4. The fraction of sp³-hybridized carbons (Fsp3) is 0.289. The second kappa shape index (κ2) is 15.9. The molecule has 1 fully saturated rings. The molecule has 15 heteroatoms. The van der Waals surface area contributed by atoms with Crippen molar-refractivity contribution in [2.24, 2.45) is 0 Å². The zero-order chi connectivity index (χ0) is 37.6. The van der Waals surface area contributed by atoms with E-state index in [0.29, 0.717) is 51.9 Å². The molecule has 0 bridgehead atoms. The largest absolute Gasteiger partial charge is 0.493 e. The van der Waals surface area contributed by atoms with Crippen LogP contribution in [-0.2, 0) is 44.7 Å². The standard InChI is InChI=1S/C38H36ClN3O11/c1-47-30-22-27(23-31(48-2)36(30)49-3)29-21-26(16-17-40-29)24-42-20-19-41(18-6-4-5-7-25-8-10-28(39)11-9-25)37(50-32(43)12-13-33(44)51-37)38(42)52-34(45)14-15-35(46)53-38/h5,7-17,21-23H,4,6,18-20,24H2,1-3H3/b7-5+. The summed E-state index contributed by atoms with van der Waals surface area (Å²) in [5, 5.41) is 0.626. The summed E-state index contributed by atoms with van der Waals surface area (Å²) in [6.07, 6.45) is 10.1. The molecule has 2 aromatic carbocycles. The third kappa shape index (κ3) is 7.75. The topological polar surface area (TPSA) is 152 Å². The number of ether oxygens (including phenoxy) is 7. The first kappa shape index (κ1) is 37.1. The molecule has 1 saturated heterocycles. The van der Waals surface area contributed by atoms with Gasteiger partial charge in [-0.2, -0.15) is 0 Å². The van der Waals surface area contributed by atoms with Gasteiger partial charge in [0.05, 0.1) is 27.0 Å². The molecule has 0 N–H and O–H groups in total. The van der Waals surface area contributed by atoms with Gasteiger partial charge < -0.3 is 33.2 Å². The summed E-state index contributed by atoms with van der Waals surface area (Å²) in [5.41, 5.74) is 2.72. The van der Waals surface area contributed by atoms with Crippen molar-refractivity contribution in [3.63, 3.8) is 0 Å². The molecule has 0 aliphatic carbocycles. The van der Waals surface area contributed by atoms with Crippen LogP contribution in [-0.4, -0.2) is 91.4 Å². The van der Waals surface area contributed by atoms with E-state index in [0.717, 1.165) is 29.9 Å². The second-order valence-electron chi connectivity index (χ2n) is 12.0. The maximum atomic E-state index is 13.2. The molecule has 3 aliphatic rings. The second-order valence-corrected chi connectivity index (χ2v) is 12.4. The molecule has 0 unspecified atom stereocenters. The number of nitrogens with zero attached hydrogens (tertiary/aromatic N) is 3. The van der Waals surface area contributed by atoms with Crippen molar-refractivity contribution >= 4 is 41.6 Å². The molecule has 14 nitrogen and oxygen atoms in total. The highest BCUT2D eigenvalue weighted by atomic mass is 35.5. The first-order valence-corrected chi connectivity index (χ1v) is 16.9. The molecule has 1 aromatic heterocycles. The number of halogens is 1. The summed E-state index contributed by atoms with van der Waals surface area (Å²) in [4.78, 5) is 60.3. The van der Waals surface area contributed by atoms with E-state index in [1.165, 1.54) is 31.1 Å². The number of benzene rings is 2. The lowest BCUT2D eigenvalue weighted by atomic mass is 10.1. The van der Waals surface area contributed by atoms with E-state index < -0.39 is 35.7 Å². The predicted octanol–water partition coefficient (Wildman–Crippen LogP) is 4.66. The molecule has 6 rings (SSSR count). The number of rotatable bonds is 11. The minimum Gasteiger partial charge on any atom is -0.493 e. The van der Waals surface area contributed by atoms with E-state index >= 15 is 0 Å². The average Bonchev–Trinajstić information content (AvgIpc) is 3.41. The number of fused-ring (bicyclic) bond motifs is 1. The Kier molecular flexibility index (Phi) is 11.1. The highest BCUT2D eigenvalue weighted by Crippen LogP contribution is 2.45. The number of aromatic nitrogens is 1. The number of hydrogen-bond acceptors (Lipinski definition) is 14. The van der Waals surface area contributed by atoms with Gasteiger partial charge in [0.2, 0.25) is 5.75 Å². The smallest absolute Gasteiger partial charge is 0.420 e. The Morgan fingerprint density at radius 3 is 1.85 bits per heavy atom. The lowest BCUT2D eigenvalue weighted by Crippen LogP contribution is -2.80. The normalized spacial score (nSPS) is 18.3. The summed E-state index contributed by atoms with van der Waals surface area (Å²) >= 11 is 6.00. The Bertz CT molecular complexity index is 1910. The lowest BCUT2D eigenvalue weighted by molar-refractivity contribution is -0.464. The molecule has 276 valence electrons. The van der Waals surface area contributed by atoms with Crippen LogP contribution in [0.2, 0.25) is 5.02 Å². The van der Waals surface area contributed by atoms with Gasteiger partial charge >= 0.3 is 35.7 Å². The van der Waals surface area contributed by atoms with Crippen molar-refractivity contribution < 1.29 is 52.3 Å². The number of unbranched alkanes of at least 4 members (excludes halogenated alkanes) is 1. The number of piperazine rings is 1. The molecule has 53 heavy (non-hydrogen) atoms. The molecule has 3 aliphatic heterocycles. The van der Waals surface area contributed by atoms with Crippen LogP contribution in [0.15, 0.2) is 85.1 Å². The first-order valence-electron chi connectivity index (χ1n) is 16.6.